The average Bonchev–Trinajstić information content (AvgIpc) is 2.95. The highest BCUT2D eigenvalue weighted by Gasteiger charge is 2.37. The minimum Gasteiger partial charge on any atom is -0.507 e. The maximum Gasteiger partial charge on any atom is 0.307 e. The molecule has 8 nitrogen and oxygen atoms in total. The molecule has 2 aromatic rings. The number of carbonyl (C=O) groups is 2. The normalized spacial score (nSPS) is 13.7. The molecule has 2 unspecified atom stereocenters. The smallest absolute Gasteiger partial charge is 0.307 e. The maximum atomic E-state index is 13.9. The number of ether oxygens (including phenoxy) is 2. The van der Waals surface area contributed by atoms with Gasteiger partial charge in [-0.3, -0.25) is 9.59 Å². The summed E-state index contributed by atoms with van der Waals surface area (Å²) in [7, 11) is -3.92. The molecule has 0 aliphatic heterocycles. The fraction of sp³-hybridized carbons (Fsp3) is 0.632. The van der Waals surface area contributed by atoms with Crippen LogP contribution in [0.1, 0.15) is 138 Å². The molecule has 0 saturated carbocycles. The molecule has 0 fully saturated rings. The van der Waals surface area contributed by atoms with Gasteiger partial charge in [-0.25, -0.2) is 8.42 Å². The van der Waals surface area contributed by atoms with Gasteiger partial charge in [-0.2, -0.15) is 0 Å². The van der Waals surface area contributed by atoms with Crippen molar-refractivity contribution >= 4 is 21.8 Å². The molecule has 264 valence electrons. The fourth-order valence-corrected chi connectivity index (χ4v) is 8.50. The molecule has 0 aliphatic carbocycles. The van der Waals surface area contributed by atoms with Gasteiger partial charge < -0.3 is 19.7 Å². The van der Waals surface area contributed by atoms with E-state index in [0.29, 0.717) is 35.1 Å². The lowest BCUT2D eigenvalue weighted by Crippen LogP contribution is -2.36. The lowest BCUT2D eigenvalue weighted by molar-refractivity contribution is -0.145. The maximum absolute atomic E-state index is 13.9. The number of phenolic OH excluding ortho intramolecular Hbond substituents is 2. The van der Waals surface area contributed by atoms with Gasteiger partial charge in [0.25, 0.3) is 0 Å². The number of hydrogen-bond donors (Lipinski definition) is 2. The third kappa shape index (κ3) is 9.97. The Morgan fingerprint density at radius 3 is 1.28 bits per heavy atom. The Balaban J connectivity index is 2.19. The number of benzene rings is 2. The van der Waals surface area contributed by atoms with E-state index < -0.39 is 32.3 Å². The zero-order valence-electron chi connectivity index (χ0n) is 30.7. The van der Waals surface area contributed by atoms with E-state index in [1.165, 1.54) is 0 Å². The Morgan fingerprint density at radius 2 is 1.00 bits per heavy atom. The summed E-state index contributed by atoms with van der Waals surface area (Å²) in [6.07, 6.45) is 0.925. The van der Waals surface area contributed by atoms with E-state index in [4.69, 9.17) is 9.47 Å². The summed E-state index contributed by atoms with van der Waals surface area (Å²) in [5.74, 6) is -0.960. The van der Waals surface area contributed by atoms with E-state index >= 15 is 0 Å². The first-order chi connectivity index (χ1) is 21.6. The predicted octanol–water partition coefficient (Wildman–Crippen LogP) is 8.25. The summed E-state index contributed by atoms with van der Waals surface area (Å²) in [6, 6.07) is 3.80. The highest BCUT2D eigenvalue weighted by molar-refractivity contribution is 7.92. The first-order valence-electron chi connectivity index (χ1n) is 16.8. The van der Waals surface area contributed by atoms with E-state index in [0.717, 1.165) is 22.3 Å². The van der Waals surface area contributed by atoms with Crippen LogP contribution in [-0.2, 0) is 52.9 Å². The molecule has 0 aliphatic rings. The highest BCUT2D eigenvalue weighted by Crippen LogP contribution is 2.38. The number of hydrogen-bond acceptors (Lipinski definition) is 8. The quantitative estimate of drug-likeness (QED) is 0.192. The minimum atomic E-state index is -3.92. The first-order valence-corrected chi connectivity index (χ1v) is 18.4. The van der Waals surface area contributed by atoms with Crippen LogP contribution in [0.15, 0.2) is 12.1 Å². The number of aryl methyl sites for hydroxylation is 2. The van der Waals surface area contributed by atoms with Crippen LogP contribution in [0.25, 0.3) is 0 Å². The SMILES string of the molecule is CCCC(CC(=O)OCc1c(C)cc(C(C)(C)C)c(O)c1C)S(=O)(=O)C(CCC)CC(=O)OCc1c(C)cc(C(C)(C)C)c(O)c1C. The molecule has 0 radical (unpaired) electrons. The zero-order chi connectivity index (χ0) is 36.1. The Hall–Kier alpha value is -3.07. The molecule has 0 aromatic heterocycles. The van der Waals surface area contributed by atoms with Gasteiger partial charge in [-0.05, 0) is 95.9 Å². The van der Waals surface area contributed by atoms with Gasteiger partial charge in [0.05, 0.1) is 23.3 Å². The van der Waals surface area contributed by atoms with E-state index in [2.05, 4.69) is 0 Å². The molecular formula is C38H58O8S. The molecule has 47 heavy (non-hydrogen) atoms. The molecule has 2 aromatic carbocycles. The Kier molecular flexibility index (Phi) is 13.6. The molecule has 0 heterocycles. The highest BCUT2D eigenvalue weighted by atomic mass is 32.2. The van der Waals surface area contributed by atoms with Gasteiger partial charge >= 0.3 is 11.9 Å². The van der Waals surface area contributed by atoms with Gasteiger partial charge in [0.1, 0.15) is 24.7 Å². The number of carbonyl (C=O) groups excluding carboxylic acids is 2. The summed E-state index contributed by atoms with van der Waals surface area (Å²) in [5, 5.41) is 19.6. The van der Waals surface area contributed by atoms with Gasteiger partial charge in [-0.15, -0.1) is 0 Å². The molecule has 9 heteroatoms. The van der Waals surface area contributed by atoms with Crippen LogP contribution in [0.4, 0.5) is 0 Å². The number of phenols is 2. The summed E-state index contributed by atoms with van der Waals surface area (Å²) < 4.78 is 39.0. The lowest BCUT2D eigenvalue weighted by atomic mass is 9.83. The zero-order valence-corrected chi connectivity index (χ0v) is 31.5. The van der Waals surface area contributed by atoms with E-state index in [1.807, 2.05) is 81.4 Å². The first kappa shape index (κ1) is 40.1. The Bertz CT molecular complexity index is 1430. The number of rotatable bonds is 14. The van der Waals surface area contributed by atoms with Crippen molar-refractivity contribution in [2.24, 2.45) is 0 Å². The second-order valence-corrected chi connectivity index (χ2v) is 17.5. The van der Waals surface area contributed by atoms with E-state index in [1.54, 1.807) is 13.8 Å². The molecule has 0 spiro atoms. The summed E-state index contributed by atoms with van der Waals surface area (Å²) >= 11 is 0. The van der Waals surface area contributed by atoms with Crippen molar-refractivity contribution in [2.75, 3.05) is 0 Å². The van der Waals surface area contributed by atoms with Crippen molar-refractivity contribution < 1.29 is 37.7 Å². The van der Waals surface area contributed by atoms with Crippen LogP contribution in [0.2, 0.25) is 0 Å². The van der Waals surface area contributed by atoms with Gasteiger partial charge in [0.2, 0.25) is 0 Å². The third-order valence-electron chi connectivity index (χ3n) is 9.11. The van der Waals surface area contributed by atoms with Crippen LogP contribution in [0.5, 0.6) is 11.5 Å². The topological polar surface area (TPSA) is 127 Å². The van der Waals surface area contributed by atoms with Crippen LogP contribution >= 0.6 is 0 Å². The van der Waals surface area contributed by atoms with Crippen molar-refractivity contribution in [2.45, 2.75) is 156 Å². The van der Waals surface area contributed by atoms with Crippen LogP contribution in [0.3, 0.4) is 0 Å². The molecule has 2 N–H and O–H groups in total. The number of esters is 2. The van der Waals surface area contributed by atoms with Crippen molar-refractivity contribution in [3.05, 3.63) is 56.6 Å². The monoisotopic (exact) mass is 674 g/mol. The second kappa shape index (κ2) is 15.9. The van der Waals surface area contributed by atoms with Gasteiger partial charge in [0.15, 0.2) is 9.84 Å². The predicted molar refractivity (Wildman–Crippen MR) is 188 cm³/mol. The van der Waals surface area contributed by atoms with Crippen LogP contribution in [-0.4, -0.2) is 41.1 Å². The summed E-state index contributed by atoms with van der Waals surface area (Å²) in [4.78, 5) is 26.1. The van der Waals surface area contributed by atoms with Crippen molar-refractivity contribution in [1.82, 2.24) is 0 Å². The second-order valence-electron chi connectivity index (χ2n) is 15.0. The van der Waals surface area contributed by atoms with E-state index in [9.17, 15) is 28.2 Å². The largest absolute Gasteiger partial charge is 0.507 e. The van der Waals surface area contributed by atoms with E-state index in [-0.39, 0.29) is 61.2 Å². The van der Waals surface area contributed by atoms with Gasteiger partial charge in [-0.1, -0.05) is 80.4 Å². The molecular weight excluding hydrogens is 616 g/mol. The van der Waals surface area contributed by atoms with Crippen molar-refractivity contribution in [3.8, 4) is 11.5 Å². The molecule has 0 bridgehead atoms. The molecule has 2 rings (SSSR count). The third-order valence-corrected chi connectivity index (χ3v) is 11.8. The fourth-order valence-electron chi connectivity index (χ4n) is 6.09. The van der Waals surface area contributed by atoms with Crippen LogP contribution in [0, 0.1) is 27.7 Å². The van der Waals surface area contributed by atoms with Crippen molar-refractivity contribution in [1.29, 1.82) is 0 Å². The summed E-state index contributed by atoms with van der Waals surface area (Å²) in [5.41, 5.74) is 5.48. The van der Waals surface area contributed by atoms with Crippen molar-refractivity contribution in [3.63, 3.8) is 0 Å². The number of sulfone groups is 1. The molecule has 0 amide bonds. The minimum absolute atomic E-state index is 0.0801. The summed E-state index contributed by atoms with van der Waals surface area (Å²) in [6.45, 7) is 23.0. The van der Waals surface area contributed by atoms with Gasteiger partial charge in [0, 0.05) is 0 Å². The number of aromatic hydroxyl groups is 2. The Labute approximate surface area is 283 Å². The molecule has 0 saturated heterocycles. The van der Waals surface area contributed by atoms with Crippen LogP contribution < -0.4 is 0 Å². The molecule has 2 atom stereocenters. The standard InChI is InChI=1S/C38H58O8S/c1-13-15-27(19-33(39)45-21-29-23(3)17-31(37(7,8)9)35(41)25(29)5)47(43,44)28(16-14-2)20-34(40)46-22-30-24(4)18-32(38(10,11)12)36(42)26(30)6/h17-18,27-28,41-42H,13-16,19-22H2,1-12H3. The Morgan fingerprint density at radius 1 is 0.681 bits per heavy atom. The average molecular weight is 675 g/mol. The lowest BCUT2D eigenvalue weighted by Gasteiger charge is -2.25.